The molecule has 3 aromatic rings. The maximum absolute atomic E-state index is 14.2. The molecule has 2 amide bonds. The van der Waals surface area contributed by atoms with Gasteiger partial charge in [0.25, 0.3) is 10.0 Å². The van der Waals surface area contributed by atoms with Gasteiger partial charge in [-0.25, -0.2) is 8.42 Å². The van der Waals surface area contributed by atoms with E-state index < -0.39 is 28.5 Å². The minimum Gasteiger partial charge on any atom is -0.354 e. The first-order valence-electron chi connectivity index (χ1n) is 13.7. The number of aryl methyl sites for hydroxylation is 2. The van der Waals surface area contributed by atoms with E-state index in [9.17, 15) is 18.0 Å². The Balaban J connectivity index is 2.10. The fourth-order valence-corrected chi connectivity index (χ4v) is 6.51. The zero-order valence-corrected chi connectivity index (χ0v) is 26.2. The Morgan fingerprint density at radius 3 is 2.20 bits per heavy atom. The van der Waals surface area contributed by atoms with Crippen LogP contribution < -0.4 is 9.62 Å². The molecule has 0 radical (unpaired) electrons. The van der Waals surface area contributed by atoms with Crippen LogP contribution in [-0.4, -0.2) is 44.3 Å². The molecule has 3 rings (SSSR count). The van der Waals surface area contributed by atoms with Crippen molar-refractivity contribution in [3.05, 3.63) is 93.5 Å². The molecule has 0 fully saturated rings. The summed E-state index contributed by atoms with van der Waals surface area (Å²) in [5.41, 5.74) is 2.40. The minimum absolute atomic E-state index is 0.0544. The highest BCUT2D eigenvalue weighted by Gasteiger charge is 2.34. The first-order valence-corrected chi connectivity index (χ1v) is 15.9. The lowest BCUT2D eigenvalue weighted by Crippen LogP contribution is -2.52. The fourth-order valence-electron chi connectivity index (χ4n) is 4.50. The second-order valence-corrected chi connectivity index (χ2v) is 12.6. The van der Waals surface area contributed by atoms with E-state index in [2.05, 4.69) is 5.32 Å². The lowest BCUT2D eigenvalue weighted by Gasteiger charge is -2.34. The Bertz CT molecular complexity index is 1450. The number of nitrogens with zero attached hydrogens (tertiary/aromatic N) is 2. The number of rotatable bonds is 13. The smallest absolute Gasteiger partial charge is 0.264 e. The maximum atomic E-state index is 14.2. The summed E-state index contributed by atoms with van der Waals surface area (Å²) in [6.07, 6.45) is 2.00. The SMILES string of the molecule is CCCCNC(=O)C(CC)N(Cc1c(Cl)cccc1Cl)C(=O)CN(c1cc(C)ccc1C)S(=O)(=O)c1ccccc1. The predicted octanol–water partition coefficient (Wildman–Crippen LogP) is 6.53. The molecule has 1 unspecified atom stereocenters. The van der Waals surface area contributed by atoms with Crippen LogP contribution in [0.1, 0.15) is 49.8 Å². The zero-order chi connectivity index (χ0) is 30.2. The summed E-state index contributed by atoms with van der Waals surface area (Å²) in [6.45, 7) is 7.36. The second kappa shape index (κ2) is 14.7. The number of amides is 2. The van der Waals surface area contributed by atoms with Crippen LogP contribution in [0.25, 0.3) is 0 Å². The van der Waals surface area contributed by atoms with Gasteiger partial charge in [0.15, 0.2) is 0 Å². The average molecular weight is 619 g/mol. The summed E-state index contributed by atoms with van der Waals surface area (Å²) in [5, 5.41) is 3.61. The third-order valence-corrected chi connectivity index (χ3v) is 9.33. The van der Waals surface area contributed by atoms with E-state index in [4.69, 9.17) is 23.2 Å². The lowest BCUT2D eigenvalue weighted by atomic mass is 10.1. The van der Waals surface area contributed by atoms with Gasteiger partial charge in [-0.15, -0.1) is 0 Å². The van der Waals surface area contributed by atoms with Crippen LogP contribution in [0.3, 0.4) is 0 Å². The second-order valence-electron chi connectivity index (χ2n) is 9.91. The molecular weight excluding hydrogens is 581 g/mol. The third kappa shape index (κ3) is 8.03. The van der Waals surface area contributed by atoms with Gasteiger partial charge in [0.05, 0.1) is 10.6 Å². The molecule has 0 aliphatic heterocycles. The molecule has 1 atom stereocenters. The van der Waals surface area contributed by atoms with Crippen LogP contribution in [-0.2, 0) is 26.2 Å². The summed E-state index contributed by atoms with van der Waals surface area (Å²) in [5.74, 6) is -0.874. The number of hydrogen-bond acceptors (Lipinski definition) is 4. The quantitative estimate of drug-likeness (QED) is 0.221. The Hall–Kier alpha value is -3.07. The van der Waals surface area contributed by atoms with Gasteiger partial charge in [-0.3, -0.25) is 13.9 Å². The molecule has 0 saturated carbocycles. The molecule has 0 saturated heterocycles. The van der Waals surface area contributed by atoms with Crippen molar-refractivity contribution in [2.75, 3.05) is 17.4 Å². The van der Waals surface area contributed by atoms with E-state index in [1.807, 2.05) is 32.9 Å². The monoisotopic (exact) mass is 617 g/mol. The van der Waals surface area contributed by atoms with Gasteiger partial charge in [-0.05, 0) is 68.1 Å². The third-order valence-electron chi connectivity index (χ3n) is 6.85. The van der Waals surface area contributed by atoms with E-state index in [1.165, 1.54) is 17.0 Å². The van der Waals surface area contributed by atoms with Crippen molar-refractivity contribution in [2.45, 2.75) is 64.4 Å². The van der Waals surface area contributed by atoms with Crippen LogP contribution in [0.2, 0.25) is 10.0 Å². The first kappa shape index (κ1) is 32.4. The number of unbranched alkanes of at least 4 members (excludes halogenated alkanes) is 1. The van der Waals surface area contributed by atoms with E-state index in [-0.39, 0.29) is 17.3 Å². The number of halogens is 2. The van der Waals surface area contributed by atoms with Crippen LogP contribution in [0.15, 0.2) is 71.6 Å². The van der Waals surface area contributed by atoms with E-state index in [0.29, 0.717) is 39.8 Å². The van der Waals surface area contributed by atoms with Crippen LogP contribution in [0.4, 0.5) is 5.69 Å². The molecule has 0 bridgehead atoms. The molecule has 0 aliphatic carbocycles. The van der Waals surface area contributed by atoms with Gasteiger partial charge in [-0.1, -0.05) is 79.9 Å². The van der Waals surface area contributed by atoms with Crippen molar-refractivity contribution in [2.24, 2.45) is 0 Å². The van der Waals surface area contributed by atoms with Gasteiger partial charge in [-0.2, -0.15) is 0 Å². The highest BCUT2D eigenvalue weighted by Crippen LogP contribution is 2.30. The first-order chi connectivity index (χ1) is 19.5. The standard InChI is InChI=1S/C31H37Cl2N3O4S/c1-5-7-18-34-31(38)28(6-2)35(20-25-26(32)14-11-15-27(25)33)30(37)21-36(29-19-22(3)16-17-23(29)4)41(39,40)24-12-9-8-10-13-24/h8-17,19,28H,5-7,18,20-21H2,1-4H3,(H,34,38). The van der Waals surface area contributed by atoms with Gasteiger partial charge >= 0.3 is 0 Å². The van der Waals surface area contributed by atoms with Crippen LogP contribution >= 0.6 is 23.2 Å². The van der Waals surface area contributed by atoms with Crippen molar-refractivity contribution < 1.29 is 18.0 Å². The number of carbonyl (C=O) groups is 2. The van der Waals surface area contributed by atoms with Gasteiger partial charge < -0.3 is 10.2 Å². The Kier molecular flexibility index (Phi) is 11.6. The van der Waals surface area contributed by atoms with Crippen molar-refractivity contribution in [3.8, 4) is 0 Å². The molecule has 3 aromatic carbocycles. The summed E-state index contributed by atoms with van der Waals surface area (Å²) in [4.78, 5) is 29.0. The van der Waals surface area contributed by atoms with Gasteiger partial charge in [0.1, 0.15) is 12.6 Å². The van der Waals surface area contributed by atoms with E-state index in [0.717, 1.165) is 22.7 Å². The van der Waals surface area contributed by atoms with Gasteiger partial charge in [0.2, 0.25) is 11.8 Å². The van der Waals surface area contributed by atoms with Crippen molar-refractivity contribution in [3.63, 3.8) is 0 Å². The molecule has 41 heavy (non-hydrogen) atoms. The van der Waals surface area contributed by atoms with Crippen molar-refractivity contribution in [1.82, 2.24) is 10.2 Å². The summed E-state index contributed by atoms with van der Waals surface area (Å²) >= 11 is 12.9. The van der Waals surface area contributed by atoms with E-state index in [1.54, 1.807) is 49.4 Å². The molecule has 0 heterocycles. The normalized spacial score (nSPS) is 12.0. The minimum atomic E-state index is -4.15. The topological polar surface area (TPSA) is 86.8 Å². The number of hydrogen-bond donors (Lipinski definition) is 1. The molecule has 10 heteroatoms. The van der Waals surface area contributed by atoms with E-state index >= 15 is 0 Å². The fraction of sp³-hybridized carbons (Fsp3) is 0.355. The predicted molar refractivity (Wildman–Crippen MR) is 166 cm³/mol. The summed E-state index contributed by atoms with van der Waals surface area (Å²) < 4.78 is 29.1. The number of sulfonamides is 1. The molecule has 0 spiro atoms. The molecule has 0 aliphatic rings. The number of benzene rings is 3. The Morgan fingerprint density at radius 1 is 0.927 bits per heavy atom. The average Bonchev–Trinajstić information content (AvgIpc) is 2.95. The Labute approximate surface area is 253 Å². The highest BCUT2D eigenvalue weighted by atomic mass is 35.5. The molecular formula is C31H37Cl2N3O4S. The van der Waals surface area contributed by atoms with Crippen molar-refractivity contribution >= 4 is 50.7 Å². The van der Waals surface area contributed by atoms with Gasteiger partial charge in [0, 0.05) is 28.7 Å². The zero-order valence-electron chi connectivity index (χ0n) is 23.9. The largest absolute Gasteiger partial charge is 0.354 e. The Morgan fingerprint density at radius 2 is 1.59 bits per heavy atom. The summed E-state index contributed by atoms with van der Waals surface area (Å²) in [6, 6.07) is 17.6. The molecule has 0 aromatic heterocycles. The van der Waals surface area contributed by atoms with Crippen molar-refractivity contribution in [1.29, 1.82) is 0 Å². The molecule has 7 nitrogen and oxygen atoms in total. The number of carbonyl (C=O) groups excluding carboxylic acids is 2. The number of anilines is 1. The molecule has 220 valence electrons. The van der Waals surface area contributed by atoms with Crippen LogP contribution in [0.5, 0.6) is 0 Å². The summed E-state index contributed by atoms with van der Waals surface area (Å²) in [7, 11) is -4.15. The van der Waals surface area contributed by atoms with Crippen LogP contribution in [0, 0.1) is 13.8 Å². The maximum Gasteiger partial charge on any atom is 0.264 e. The highest BCUT2D eigenvalue weighted by molar-refractivity contribution is 7.92. The number of nitrogens with one attached hydrogen (secondary N) is 1. The molecule has 1 N–H and O–H groups in total. The lowest BCUT2D eigenvalue weighted by molar-refractivity contribution is -0.140.